The third-order valence-electron chi connectivity index (χ3n) is 3.13. The number of carbonyl (C=O) groups is 1. The second-order valence-corrected chi connectivity index (χ2v) is 4.71. The first kappa shape index (κ1) is 14.5. The highest BCUT2D eigenvalue weighted by Crippen LogP contribution is 2.15. The van der Waals surface area contributed by atoms with Gasteiger partial charge < -0.3 is 5.32 Å². The summed E-state index contributed by atoms with van der Waals surface area (Å²) in [5.74, 6) is -0.426. The standard InChI is InChI=1S/C17H15N3O/c1-12-5-6-16(8-13(12)2)20-17(21)15(10-18)9-14-4-3-7-19-11-14/h3-9,11H,1-2H3,(H,20,21)/b15-9-. The number of anilines is 1. The van der Waals surface area contributed by atoms with Crippen LogP contribution >= 0.6 is 0 Å². The third kappa shape index (κ3) is 3.77. The Balaban J connectivity index is 2.20. The molecule has 0 atom stereocenters. The fraction of sp³-hybridized carbons (Fsp3) is 0.118. The number of nitriles is 1. The van der Waals surface area contributed by atoms with Crippen LogP contribution in [0.15, 0.2) is 48.3 Å². The average Bonchev–Trinajstić information content (AvgIpc) is 2.49. The van der Waals surface area contributed by atoms with Crippen LogP contribution in [-0.2, 0) is 4.79 Å². The molecule has 0 spiro atoms. The first-order valence-electron chi connectivity index (χ1n) is 6.50. The molecule has 0 aliphatic rings. The minimum absolute atomic E-state index is 0.0428. The zero-order valence-electron chi connectivity index (χ0n) is 11.9. The van der Waals surface area contributed by atoms with Crippen LogP contribution in [0.2, 0.25) is 0 Å². The lowest BCUT2D eigenvalue weighted by molar-refractivity contribution is -0.112. The monoisotopic (exact) mass is 277 g/mol. The van der Waals surface area contributed by atoms with Crippen molar-refractivity contribution in [2.24, 2.45) is 0 Å². The van der Waals surface area contributed by atoms with Crippen molar-refractivity contribution in [1.82, 2.24) is 4.98 Å². The summed E-state index contributed by atoms with van der Waals surface area (Å²) in [6.07, 6.45) is 4.75. The molecule has 4 nitrogen and oxygen atoms in total. The molecular formula is C17H15N3O. The quantitative estimate of drug-likeness (QED) is 0.691. The van der Waals surface area contributed by atoms with Gasteiger partial charge in [0.25, 0.3) is 5.91 Å². The Kier molecular flexibility index (Phi) is 4.47. The van der Waals surface area contributed by atoms with Crippen molar-refractivity contribution in [1.29, 1.82) is 5.26 Å². The van der Waals surface area contributed by atoms with E-state index >= 15 is 0 Å². The lowest BCUT2D eigenvalue weighted by atomic mass is 10.1. The van der Waals surface area contributed by atoms with Crippen molar-refractivity contribution in [2.45, 2.75) is 13.8 Å². The maximum Gasteiger partial charge on any atom is 0.266 e. The smallest absolute Gasteiger partial charge is 0.266 e. The van der Waals surface area contributed by atoms with Crippen LogP contribution in [0.3, 0.4) is 0 Å². The largest absolute Gasteiger partial charge is 0.321 e. The van der Waals surface area contributed by atoms with E-state index in [0.717, 1.165) is 11.1 Å². The van der Waals surface area contributed by atoms with Gasteiger partial charge in [-0.15, -0.1) is 0 Å². The SMILES string of the molecule is Cc1ccc(NC(=O)/C(C#N)=C\c2cccnc2)cc1C. The summed E-state index contributed by atoms with van der Waals surface area (Å²) in [5, 5.41) is 11.9. The third-order valence-corrected chi connectivity index (χ3v) is 3.13. The van der Waals surface area contributed by atoms with Gasteiger partial charge in [0.05, 0.1) is 0 Å². The van der Waals surface area contributed by atoms with E-state index in [1.165, 1.54) is 6.08 Å². The van der Waals surface area contributed by atoms with Gasteiger partial charge in [-0.1, -0.05) is 12.1 Å². The molecule has 0 aliphatic heterocycles. The minimum Gasteiger partial charge on any atom is -0.321 e. The van der Waals surface area contributed by atoms with Gasteiger partial charge in [0, 0.05) is 18.1 Å². The molecule has 104 valence electrons. The maximum absolute atomic E-state index is 12.1. The summed E-state index contributed by atoms with van der Waals surface area (Å²) < 4.78 is 0. The lowest BCUT2D eigenvalue weighted by Gasteiger charge is -2.07. The van der Waals surface area contributed by atoms with Gasteiger partial charge >= 0.3 is 0 Å². The summed E-state index contributed by atoms with van der Waals surface area (Å²) >= 11 is 0. The van der Waals surface area contributed by atoms with Crippen molar-refractivity contribution < 1.29 is 4.79 Å². The van der Waals surface area contributed by atoms with Crippen molar-refractivity contribution in [3.8, 4) is 6.07 Å². The number of hydrogen-bond acceptors (Lipinski definition) is 3. The van der Waals surface area contributed by atoms with Crippen LogP contribution in [0, 0.1) is 25.2 Å². The van der Waals surface area contributed by atoms with E-state index in [4.69, 9.17) is 5.26 Å². The number of aromatic nitrogens is 1. The summed E-state index contributed by atoms with van der Waals surface area (Å²) in [5.41, 5.74) is 3.67. The molecule has 0 saturated carbocycles. The van der Waals surface area contributed by atoms with Crippen molar-refractivity contribution in [2.75, 3.05) is 5.32 Å². The van der Waals surface area contributed by atoms with Gasteiger partial charge in [-0.05, 0) is 54.8 Å². The summed E-state index contributed by atoms with van der Waals surface area (Å²) in [6.45, 7) is 3.98. The Bertz CT molecular complexity index is 727. The molecule has 0 unspecified atom stereocenters. The molecule has 0 bridgehead atoms. The molecule has 0 radical (unpaired) electrons. The van der Waals surface area contributed by atoms with Crippen LogP contribution in [0.25, 0.3) is 6.08 Å². The van der Waals surface area contributed by atoms with E-state index in [1.54, 1.807) is 24.5 Å². The van der Waals surface area contributed by atoms with Crippen molar-refractivity contribution in [3.63, 3.8) is 0 Å². The van der Waals surface area contributed by atoms with Gasteiger partial charge in [-0.3, -0.25) is 9.78 Å². The Morgan fingerprint density at radius 2 is 2.10 bits per heavy atom. The highest BCUT2D eigenvalue weighted by molar-refractivity contribution is 6.09. The zero-order chi connectivity index (χ0) is 15.2. The summed E-state index contributed by atoms with van der Waals surface area (Å²) in [7, 11) is 0. The molecule has 2 rings (SSSR count). The fourth-order valence-electron chi connectivity index (χ4n) is 1.79. The van der Waals surface area contributed by atoms with Gasteiger partial charge in [0.15, 0.2) is 0 Å². The van der Waals surface area contributed by atoms with Gasteiger partial charge in [0.1, 0.15) is 11.6 Å². The molecule has 1 N–H and O–H groups in total. The van der Waals surface area contributed by atoms with Crippen LogP contribution in [-0.4, -0.2) is 10.9 Å². The average molecular weight is 277 g/mol. The Morgan fingerprint density at radius 3 is 2.71 bits per heavy atom. The molecule has 1 heterocycles. The molecule has 2 aromatic rings. The van der Waals surface area contributed by atoms with E-state index in [1.807, 2.05) is 38.1 Å². The lowest BCUT2D eigenvalue weighted by Crippen LogP contribution is -2.13. The fourth-order valence-corrected chi connectivity index (χ4v) is 1.79. The molecule has 1 amide bonds. The highest BCUT2D eigenvalue weighted by atomic mass is 16.1. The van der Waals surface area contributed by atoms with E-state index < -0.39 is 5.91 Å². The highest BCUT2D eigenvalue weighted by Gasteiger charge is 2.09. The van der Waals surface area contributed by atoms with E-state index in [0.29, 0.717) is 11.3 Å². The number of rotatable bonds is 3. The number of carbonyl (C=O) groups excluding carboxylic acids is 1. The Labute approximate surface area is 123 Å². The number of pyridine rings is 1. The van der Waals surface area contributed by atoms with Crippen molar-refractivity contribution in [3.05, 3.63) is 65.0 Å². The Hall–Kier alpha value is -2.93. The van der Waals surface area contributed by atoms with E-state index in [-0.39, 0.29) is 5.57 Å². The summed E-state index contributed by atoms with van der Waals surface area (Å²) in [6, 6.07) is 11.1. The van der Waals surface area contributed by atoms with E-state index in [2.05, 4.69) is 10.3 Å². The summed E-state index contributed by atoms with van der Waals surface area (Å²) in [4.78, 5) is 16.1. The first-order valence-corrected chi connectivity index (χ1v) is 6.50. The number of benzene rings is 1. The number of nitrogens with one attached hydrogen (secondary N) is 1. The van der Waals surface area contributed by atoms with E-state index in [9.17, 15) is 4.79 Å². The van der Waals surface area contributed by atoms with Crippen LogP contribution < -0.4 is 5.32 Å². The predicted octanol–water partition coefficient (Wildman–Crippen LogP) is 3.24. The topological polar surface area (TPSA) is 65.8 Å². The molecule has 1 aromatic carbocycles. The molecule has 1 aromatic heterocycles. The molecule has 4 heteroatoms. The second kappa shape index (κ2) is 6.49. The maximum atomic E-state index is 12.1. The van der Waals surface area contributed by atoms with Gasteiger partial charge in [-0.25, -0.2) is 0 Å². The number of aryl methyl sites for hydroxylation is 2. The number of nitrogens with zero attached hydrogens (tertiary/aromatic N) is 2. The number of hydrogen-bond donors (Lipinski definition) is 1. The molecular weight excluding hydrogens is 262 g/mol. The van der Waals surface area contributed by atoms with Crippen LogP contribution in [0.5, 0.6) is 0 Å². The van der Waals surface area contributed by atoms with Gasteiger partial charge in [0.2, 0.25) is 0 Å². The van der Waals surface area contributed by atoms with Crippen LogP contribution in [0.1, 0.15) is 16.7 Å². The van der Waals surface area contributed by atoms with Crippen LogP contribution in [0.4, 0.5) is 5.69 Å². The second-order valence-electron chi connectivity index (χ2n) is 4.71. The normalized spacial score (nSPS) is 10.8. The molecule has 21 heavy (non-hydrogen) atoms. The zero-order valence-corrected chi connectivity index (χ0v) is 11.9. The predicted molar refractivity (Wildman–Crippen MR) is 82.4 cm³/mol. The Morgan fingerprint density at radius 1 is 1.29 bits per heavy atom. The minimum atomic E-state index is -0.426. The number of amides is 1. The molecule has 0 saturated heterocycles. The first-order chi connectivity index (χ1) is 10.1. The molecule has 0 aliphatic carbocycles. The van der Waals surface area contributed by atoms with Crippen molar-refractivity contribution >= 4 is 17.7 Å². The molecule has 0 fully saturated rings. The van der Waals surface area contributed by atoms with Gasteiger partial charge in [-0.2, -0.15) is 5.26 Å².